The van der Waals surface area contributed by atoms with Crippen molar-refractivity contribution in [2.75, 3.05) is 45.0 Å². The van der Waals surface area contributed by atoms with Crippen LogP contribution < -0.4 is 19.7 Å². The molecule has 236 valence electrons. The second-order valence-corrected chi connectivity index (χ2v) is 11.5. The van der Waals surface area contributed by atoms with Crippen LogP contribution in [0.3, 0.4) is 0 Å². The fourth-order valence-corrected chi connectivity index (χ4v) is 4.43. The number of nitrogens with zero attached hydrogens (tertiary/aromatic N) is 3. The fraction of sp³-hybridized carbons (Fsp3) is 0.382. The number of benzene rings is 2. The number of hydrogen-bond acceptors (Lipinski definition) is 7. The van der Waals surface area contributed by atoms with Crippen LogP contribution in [0.15, 0.2) is 65.3 Å². The molecule has 10 heteroatoms. The molecule has 3 rings (SSSR count). The summed E-state index contributed by atoms with van der Waals surface area (Å²) in [7, 11) is 6.16. The molecule has 0 saturated carbocycles. The summed E-state index contributed by atoms with van der Waals surface area (Å²) in [5.74, 6) is -0.434. The number of hydrogen-bond donors (Lipinski definition) is 2. The average molecular weight is 605 g/mol. The molecule has 1 aliphatic heterocycles. The molecule has 0 saturated heterocycles. The van der Waals surface area contributed by atoms with E-state index in [-0.39, 0.29) is 46.6 Å². The maximum absolute atomic E-state index is 14.0. The molecule has 0 bridgehead atoms. The van der Waals surface area contributed by atoms with Gasteiger partial charge in [-0.2, -0.15) is 0 Å². The fourth-order valence-electron chi connectivity index (χ4n) is 4.43. The predicted octanol–water partition coefficient (Wildman–Crippen LogP) is 7.64. The van der Waals surface area contributed by atoms with E-state index in [1.54, 1.807) is 32.3 Å². The van der Waals surface area contributed by atoms with Crippen LogP contribution in [0.1, 0.15) is 63.7 Å². The van der Waals surface area contributed by atoms with Crippen LogP contribution >= 0.6 is 0 Å². The van der Waals surface area contributed by atoms with Gasteiger partial charge >= 0.3 is 12.2 Å². The molecule has 0 aliphatic carbocycles. The van der Waals surface area contributed by atoms with Gasteiger partial charge in [-0.1, -0.05) is 41.0 Å². The second kappa shape index (κ2) is 15.1. The van der Waals surface area contributed by atoms with Crippen molar-refractivity contribution >= 4 is 35.2 Å². The minimum absolute atomic E-state index is 0.0195. The molecular weight excluding hydrogens is 560 g/mol. The summed E-state index contributed by atoms with van der Waals surface area (Å²) >= 11 is 0. The van der Waals surface area contributed by atoms with Crippen LogP contribution in [-0.2, 0) is 0 Å². The molecule has 0 unspecified atom stereocenters. The Labute approximate surface area is 260 Å². The molecule has 0 atom stereocenters. The first kappa shape index (κ1) is 33.8. The Balaban J connectivity index is 2.03. The maximum atomic E-state index is 14.0. The van der Waals surface area contributed by atoms with Crippen molar-refractivity contribution in [2.24, 2.45) is 0 Å². The highest BCUT2D eigenvalue weighted by Crippen LogP contribution is 2.46. The van der Waals surface area contributed by atoms with Crippen LogP contribution in [0.4, 0.5) is 26.7 Å². The van der Waals surface area contributed by atoms with Crippen molar-refractivity contribution < 1.29 is 29.0 Å². The first-order valence-electron chi connectivity index (χ1n) is 14.6. The molecule has 1 aliphatic rings. The number of phenolic OH excluding ortho intramolecular Hbond substituents is 1. The smallest absolute Gasteiger partial charge is 0.414 e. The molecule has 2 N–H and O–H groups in total. The number of carbonyl (C=O) groups excluding carboxylic acids is 3. The number of rotatable bonds is 10. The van der Waals surface area contributed by atoms with Gasteiger partial charge in [0.05, 0.1) is 16.9 Å². The number of anilines is 3. The molecule has 2 aromatic carbocycles. The number of amides is 3. The summed E-state index contributed by atoms with van der Waals surface area (Å²) in [5.41, 5.74) is 4.74. The van der Waals surface area contributed by atoms with E-state index >= 15 is 0 Å². The monoisotopic (exact) mass is 604 g/mol. The number of allylic oxidation sites excluding steroid dienone is 5. The molecule has 0 radical (unpaired) electrons. The summed E-state index contributed by atoms with van der Waals surface area (Å²) in [6, 6.07) is 7.61. The Morgan fingerprint density at radius 2 is 1.48 bits per heavy atom. The van der Waals surface area contributed by atoms with Crippen molar-refractivity contribution in [3.63, 3.8) is 0 Å². The zero-order valence-corrected chi connectivity index (χ0v) is 27.0. The Morgan fingerprint density at radius 1 is 0.864 bits per heavy atom. The van der Waals surface area contributed by atoms with Crippen LogP contribution in [0, 0.1) is 0 Å². The van der Waals surface area contributed by atoms with E-state index in [9.17, 15) is 19.5 Å². The van der Waals surface area contributed by atoms with E-state index in [0.29, 0.717) is 5.69 Å². The van der Waals surface area contributed by atoms with Gasteiger partial charge in [0.15, 0.2) is 5.75 Å². The molecule has 1 heterocycles. The van der Waals surface area contributed by atoms with Crippen molar-refractivity contribution in [1.29, 1.82) is 0 Å². The summed E-state index contributed by atoms with van der Waals surface area (Å²) in [4.78, 5) is 43.1. The summed E-state index contributed by atoms with van der Waals surface area (Å²) < 4.78 is 11.2. The van der Waals surface area contributed by atoms with Gasteiger partial charge in [-0.05, 0) is 65.5 Å². The minimum Gasteiger partial charge on any atom is -0.506 e. The van der Waals surface area contributed by atoms with Crippen LogP contribution in [0.25, 0.3) is 0 Å². The molecule has 44 heavy (non-hydrogen) atoms. The second-order valence-electron chi connectivity index (χ2n) is 11.5. The molecular formula is C34H44N4O6. The zero-order chi connectivity index (χ0) is 32.6. The standard InChI is InChI=1S/C34H44N4O6/c1-22(2)12-9-13-23(3)14-10-15-24(4)18-19-38-27-20-25(43-33(41)36(5)6)21-29(44-34(42)37(7)8)31(27)35-30-26(32(38)40)16-11-17-28(30)39/h11-12,14,16-18,20-21,35,39H,9-10,13,15,19H2,1-8H3/b23-14+,24-18+. The largest absolute Gasteiger partial charge is 0.506 e. The lowest BCUT2D eigenvalue weighted by Crippen LogP contribution is -2.31. The van der Waals surface area contributed by atoms with Crippen molar-refractivity contribution in [1.82, 2.24) is 9.80 Å². The van der Waals surface area contributed by atoms with Gasteiger partial charge in [0.2, 0.25) is 0 Å². The van der Waals surface area contributed by atoms with Crippen molar-refractivity contribution in [2.45, 2.75) is 53.4 Å². The number of aromatic hydroxyl groups is 1. The Kier molecular flexibility index (Phi) is 11.6. The van der Waals surface area contributed by atoms with E-state index < -0.39 is 12.2 Å². The SMILES string of the molecule is CC(C)=CCC/C(C)=C/CC/C(C)=C/CN1C(=O)c2cccc(O)c2Nc2c(OC(=O)N(C)C)cc(OC(=O)N(C)C)cc21. The number of carbonyl (C=O) groups is 3. The van der Waals surface area contributed by atoms with E-state index in [2.05, 4.69) is 38.2 Å². The number of fused-ring (bicyclic) bond motifs is 2. The lowest BCUT2D eigenvalue weighted by Gasteiger charge is -2.24. The van der Waals surface area contributed by atoms with Gasteiger partial charge in [-0.25, -0.2) is 9.59 Å². The number of para-hydroxylation sites is 1. The summed E-state index contributed by atoms with van der Waals surface area (Å²) in [6.45, 7) is 8.56. The lowest BCUT2D eigenvalue weighted by molar-refractivity contribution is 0.0990. The topological polar surface area (TPSA) is 112 Å². The summed E-state index contributed by atoms with van der Waals surface area (Å²) in [6.07, 6.45) is 8.89. The van der Waals surface area contributed by atoms with Crippen LogP contribution in [-0.4, -0.2) is 67.7 Å². The third kappa shape index (κ3) is 8.89. The zero-order valence-electron chi connectivity index (χ0n) is 27.0. The number of ether oxygens (including phenoxy) is 2. The van der Waals surface area contributed by atoms with Gasteiger partial charge in [-0.3, -0.25) is 4.79 Å². The number of nitrogens with one attached hydrogen (secondary N) is 1. The Bertz CT molecular complexity index is 1480. The molecule has 0 spiro atoms. The average Bonchev–Trinajstić information content (AvgIpc) is 3.06. The molecule has 3 amide bonds. The van der Waals surface area contributed by atoms with E-state index in [0.717, 1.165) is 31.3 Å². The maximum Gasteiger partial charge on any atom is 0.414 e. The van der Waals surface area contributed by atoms with Crippen molar-refractivity contribution in [3.8, 4) is 17.2 Å². The van der Waals surface area contributed by atoms with Gasteiger partial charge in [0, 0.05) is 46.9 Å². The quantitative estimate of drug-likeness (QED) is 0.212. The molecule has 0 fully saturated rings. The van der Waals surface area contributed by atoms with Gasteiger partial charge in [0.25, 0.3) is 5.91 Å². The number of phenols is 1. The highest BCUT2D eigenvalue weighted by atomic mass is 16.6. The third-order valence-corrected chi connectivity index (χ3v) is 6.99. The van der Waals surface area contributed by atoms with Crippen molar-refractivity contribution in [3.05, 3.63) is 70.8 Å². The normalized spacial score (nSPS) is 12.8. The van der Waals surface area contributed by atoms with Gasteiger partial charge < -0.3 is 34.6 Å². The van der Waals surface area contributed by atoms with E-state index in [1.165, 1.54) is 52.1 Å². The van der Waals surface area contributed by atoms with E-state index in [4.69, 9.17) is 9.47 Å². The molecule has 2 aromatic rings. The highest BCUT2D eigenvalue weighted by molar-refractivity contribution is 6.15. The first-order chi connectivity index (χ1) is 20.8. The molecule has 0 aromatic heterocycles. The third-order valence-electron chi connectivity index (χ3n) is 6.99. The summed E-state index contributed by atoms with van der Waals surface area (Å²) in [5, 5.41) is 13.8. The van der Waals surface area contributed by atoms with Crippen LogP contribution in [0.5, 0.6) is 17.2 Å². The Hall–Kier alpha value is -4.73. The first-order valence-corrected chi connectivity index (χ1v) is 14.6. The molecule has 10 nitrogen and oxygen atoms in total. The van der Waals surface area contributed by atoms with E-state index in [1.807, 2.05) is 13.0 Å². The Morgan fingerprint density at radius 3 is 2.11 bits per heavy atom. The van der Waals surface area contributed by atoms with Gasteiger partial charge in [-0.15, -0.1) is 0 Å². The van der Waals surface area contributed by atoms with Gasteiger partial charge in [0.1, 0.15) is 17.2 Å². The predicted molar refractivity (Wildman–Crippen MR) is 174 cm³/mol. The highest BCUT2D eigenvalue weighted by Gasteiger charge is 2.31. The lowest BCUT2D eigenvalue weighted by atomic mass is 10.1. The minimum atomic E-state index is -0.676. The van der Waals surface area contributed by atoms with Crippen LogP contribution in [0.2, 0.25) is 0 Å².